The molecular formula is C16H20N4O4S. The summed E-state index contributed by atoms with van der Waals surface area (Å²) in [4.78, 5) is 14.3. The third-order valence-corrected chi connectivity index (χ3v) is 6.64. The lowest BCUT2D eigenvalue weighted by molar-refractivity contribution is 0.0725. The van der Waals surface area contributed by atoms with Crippen molar-refractivity contribution in [1.29, 1.82) is 0 Å². The van der Waals surface area contributed by atoms with Crippen molar-refractivity contribution in [2.24, 2.45) is 7.05 Å². The number of hydrogen-bond acceptors (Lipinski definition) is 6. The van der Waals surface area contributed by atoms with Crippen LogP contribution in [-0.2, 0) is 16.9 Å². The average Bonchev–Trinajstić information content (AvgIpc) is 3.08. The van der Waals surface area contributed by atoms with Crippen LogP contribution in [0.25, 0.3) is 0 Å². The molecule has 2 heterocycles. The zero-order chi connectivity index (χ0) is 18.0. The molecule has 0 N–H and O–H groups in total. The Morgan fingerprint density at radius 1 is 1.28 bits per heavy atom. The van der Waals surface area contributed by atoms with Crippen LogP contribution in [0.4, 0.5) is 0 Å². The number of likely N-dealkylation sites (tertiary alicyclic amines) is 1. The monoisotopic (exact) mass is 364 g/mol. The highest BCUT2D eigenvalue weighted by atomic mass is 32.2. The number of methoxy groups -OCH3 is 1. The van der Waals surface area contributed by atoms with Gasteiger partial charge in [0.2, 0.25) is 15.0 Å². The highest BCUT2D eigenvalue weighted by Gasteiger charge is 2.35. The number of aromatic nitrogens is 3. The highest BCUT2D eigenvalue weighted by Crippen LogP contribution is 2.24. The summed E-state index contributed by atoms with van der Waals surface area (Å²) >= 11 is 0. The fourth-order valence-electron chi connectivity index (χ4n) is 2.99. The van der Waals surface area contributed by atoms with Crippen LogP contribution in [-0.4, -0.2) is 59.4 Å². The summed E-state index contributed by atoms with van der Waals surface area (Å²) < 4.78 is 31.9. The Labute approximate surface area is 146 Å². The van der Waals surface area contributed by atoms with Crippen molar-refractivity contribution < 1.29 is 17.9 Å². The molecule has 1 aliphatic rings. The van der Waals surface area contributed by atoms with Gasteiger partial charge in [0.15, 0.2) is 0 Å². The Bertz CT molecular complexity index is 870. The number of rotatable bonds is 4. The highest BCUT2D eigenvalue weighted by molar-refractivity contribution is 7.91. The lowest BCUT2D eigenvalue weighted by atomic mass is 10.1. The molecule has 0 spiro atoms. The summed E-state index contributed by atoms with van der Waals surface area (Å²) in [5.41, 5.74) is 0.536. The number of benzene rings is 1. The van der Waals surface area contributed by atoms with Crippen molar-refractivity contribution in [3.63, 3.8) is 0 Å². The molecule has 0 aliphatic carbocycles. The molecule has 1 aromatic carbocycles. The first kappa shape index (κ1) is 17.4. The minimum Gasteiger partial charge on any atom is -0.497 e. The summed E-state index contributed by atoms with van der Waals surface area (Å²) in [5, 5.41) is 6.78. The van der Waals surface area contributed by atoms with Gasteiger partial charge in [-0.05, 0) is 31.0 Å². The quantitative estimate of drug-likeness (QED) is 0.800. The summed E-state index contributed by atoms with van der Waals surface area (Å²) in [7, 11) is -0.389. The van der Waals surface area contributed by atoms with Crippen LogP contribution < -0.4 is 4.74 Å². The van der Waals surface area contributed by atoms with E-state index in [1.807, 2.05) is 0 Å². The molecule has 0 bridgehead atoms. The number of hydrogen-bond donors (Lipinski definition) is 0. The van der Waals surface area contributed by atoms with E-state index in [9.17, 15) is 13.2 Å². The van der Waals surface area contributed by atoms with E-state index >= 15 is 0 Å². The molecule has 1 saturated heterocycles. The van der Waals surface area contributed by atoms with Crippen molar-refractivity contribution in [2.45, 2.75) is 23.2 Å². The van der Waals surface area contributed by atoms with Gasteiger partial charge in [-0.15, -0.1) is 10.2 Å². The summed E-state index contributed by atoms with van der Waals surface area (Å²) in [6.45, 7) is 0.773. The SMILES string of the molecule is COc1cccc(C(=O)N2CCC(S(=O)(=O)c3nncn3C)CC2)c1. The first-order chi connectivity index (χ1) is 11.9. The van der Waals surface area contributed by atoms with Crippen molar-refractivity contribution in [2.75, 3.05) is 20.2 Å². The second kappa shape index (κ2) is 6.83. The van der Waals surface area contributed by atoms with Crippen molar-refractivity contribution in [3.8, 4) is 5.75 Å². The Balaban J connectivity index is 1.69. The molecule has 3 rings (SSSR count). The number of carbonyl (C=O) groups is 1. The van der Waals surface area contributed by atoms with Crippen molar-refractivity contribution in [1.82, 2.24) is 19.7 Å². The van der Waals surface area contributed by atoms with E-state index < -0.39 is 15.1 Å². The molecule has 2 aromatic rings. The second-order valence-electron chi connectivity index (χ2n) is 5.99. The molecule has 0 atom stereocenters. The molecule has 0 saturated carbocycles. The number of piperidine rings is 1. The van der Waals surface area contributed by atoms with E-state index in [4.69, 9.17) is 4.74 Å². The van der Waals surface area contributed by atoms with E-state index in [2.05, 4.69) is 10.2 Å². The van der Waals surface area contributed by atoms with Crippen molar-refractivity contribution in [3.05, 3.63) is 36.2 Å². The Morgan fingerprint density at radius 2 is 2.00 bits per heavy atom. The summed E-state index contributed by atoms with van der Waals surface area (Å²) in [6.07, 6.45) is 2.13. The number of carbonyl (C=O) groups excluding carboxylic acids is 1. The van der Waals surface area contributed by atoms with Gasteiger partial charge in [-0.25, -0.2) is 8.42 Å². The van der Waals surface area contributed by atoms with Crippen LogP contribution in [0.15, 0.2) is 35.7 Å². The lowest BCUT2D eigenvalue weighted by Gasteiger charge is -2.31. The maximum Gasteiger partial charge on any atom is 0.253 e. The van der Waals surface area contributed by atoms with Crippen molar-refractivity contribution >= 4 is 15.7 Å². The number of sulfone groups is 1. The molecular weight excluding hydrogens is 344 g/mol. The topological polar surface area (TPSA) is 94.4 Å². The van der Waals surface area contributed by atoms with E-state index in [0.717, 1.165) is 0 Å². The average molecular weight is 364 g/mol. The van der Waals surface area contributed by atoms with Crippen LogP contribution in [0.2, 0.25) is 0 Å². The largest absolute Gasteiger partial charge is 0.497 e. The minimum atomic E-state index is -3.54. The Morgan fingerprint density at radius 3 is 2.60 bits per heavy atom. The van der Waals surface area contributed by atoms with Gasteiger partial charge >= 0.3 is 0 Å². The number of nitrogens with zero attached hydrogens (tertiary/aromatic N) is 4. The zero-order valence-corrected chi connectivity index (χ0v) is 14.9. The minimum absolute atomic E-state index is 0.0231. The van der Waals surface area contributed by atoms with Crippen LogP contribution in [0.1, 0.15) is 23.2 Å². The molecule has 1 aromatic heterocycles. The zero-order valence-electron chi connectivity index (χ0n) is 14.1. The predicted octanol–water partition coefficient (Wildman–Crippen LogP) is 0.902. The molecule has 25 heavy (non-hydrogen) atoms. The first-order valence-corrected chi connectivity index (χ1v) is 9.49. The van der Waals surface area contributed by atoms with Gasteiger partial charge < -0.3 is 14.2 Å². The molecule has 9 heteroatoms. The number of ether oxygens (including phenoxy) is 1. The third-order valence-electron chi connectivity index (χ3n) is 4.41. The molecule has 1 fully saturated rings. The molecule has 1 aliphatic heterocycles. The maximum atomic E-state index is 12.7. The fraction of sp³-hybridized carbons (Fsp3) is 0.438. The second-order valence-corrected chi connectivity index (χ2v) is 8.11. The third kappa shape index (κ3) is 3.37. The standard InChI is InChI=1S/C16H20N4O4S/c1-19-11-17-18-16(19)25(22,23)14-6-8-20(9-7-14)15(21)12-4-3-5-13(10-12)24-2/h3-5,10-11,14H,6-9H2,1-2H3. The van der Waals surface area contributed by atoms with Crippen LogP contribution in [0.3, 0.4) is 0 Å². The predicted molar refractivity (Wildman–Crippen MR) is 90.1 cm³/mol. The number of aryl methyl sites for hydroxylation is 1. The van der Waals surface area contributed by atoms with Gasteiger partial charge in [0.05, 0.1) is 12.4 Å². The Kier molecular flexibility index (Phi) is 4.76. The summed E-state index contributed by atoms with van der Waals surface area (Å²) in [6, 6.07) is 6.95. The van der Waals surface area contributed by atoms with E-state index in [1.165, 1.54) is 10.9 Å². The molecule has 0 unspecified atom stereocenters. The van der Waals surface area contributed by atoms with Crippen LogP contribution in [0, 0.1) is 0 Å². The van der Waals surface area contributed by atoms with Gasteiger partial charge in [0, 0.05) is 25.7 Å². The fourth-order valence-corrected chi connectivity index (χ4v) is 4.73. The normalized spacial score (nSPS) is 16.0. The lowest BCUT2D eigenvalue weighted by Crippen LogP contribution is -2.42. The van der Waals surface area contributed by atoms with Crippen LogP contribution in [0.5, 0.6) is 5.75 Å². The molecule has 134 valence electrons. The molecule has 0 radical (unpaired) electrons. The maximum absolute atomic E-state index is 12.7. The summed E-state index contributed by atoms with van der Waals surface area (Å²) in [5.74, 6) is 0.499. The van der Waals surface area contributed by atoms with Gasteiger partial charge in [-0.3, -0.25) is 4.79 Å². The van der Waals surface area contributed by atoms with Gasteiger partial charge in [0.25, 0.3) is 5.91 Å². The first-order valence-electron chi connectivity index (χ1n) is 7.94. The van der Waals surface area contributed by atoms with E-state index in [1.54, 1.807) is 43.3 Å². The van der Waals surface area contributed by atoms with Gasteiger partial charge in [-0.2, -0.15) is 0 Å². The van der Waals surface area contributed by atoms with E-state index in [-0.39, 0.29) is 11.1 Å². The smallest absolute Gasteiger partial charge is 0.253 e. The molecule has 1 amide bonds. The van der Waals surface area contributed by atoms with E-state index in [0.29, 0.717) is 37.2 Å². The number of amides is 1. The molecule has 8 nitrogen and oxygen atoms in total. The van der Waals surface area contributed by atoms with Crippen LogP contribution >= 0.6 is 0 Å². The Hall–Kier alpha value is -2.42. The van der Waals surface area contributed by atoms with Gasteiger partial charge in [-0.1, -0.05) is 6.07 Å². The van der Waals surface area contributed by atoms with Gasteiger partial charge in [0.1, 0.15) is 12.1 Å².